The lowest BCUT2D eigenvalue weighted by atomic mass is 9.62. The van der Waals surface area contributed by atoms with Crippen LogP contribution in [0.5, 0.6) is 0 Å². The van der Waals surface area contributed by atoms with Gasteiger partial charge in [-0.05, 0) is 63.2 Å². The molecule has 3 heteroatoms. The van der Waals surface area contributed by atoms with Crippen LogP contribution in [-0.4, -0.2) is 23.3 Å². The molecule has 3 fully saturated rings. The van der Waals surface area contributed by atoms with Gasteiger partial charge in [0.15, 0.2) is 0 Å². The Balaban J connectivity index is 1.78. The molecule has 1 N–H and O–H groups in total. The molecule has 0 radical (unpaired) electrons. The molecule has 2 aliphatic carbocycles. The summed E-state index contributed by atoms with van der Waals surface area (Å²) in [6, 6.07) is 0. The molecule has 1 spiro atoms. The normalized spacial score (nSPS) is 41.1. The first kappa shape index (κ1) is 13.4. The second-order valence-corrected chi connectivity index (χ2v) is 7.05. The lowest BCUT2D eigenvalue weighted by Gasteiger charge is -2.50. The first-order valence-corrected chi connectivity index (χ1v) is 7.98. The standard InChI is InChI=1S/C16H26O3/c1-2-12-4-8-16(10-12,14(17)18)13-5-9-19-15(11-13)6-3-7-15/h12-13H,2-11H2,1H3,(H,17,18). The van der Waals surface area contributed by atoms with Gasteiger partial charge >= 0.3 is 5.97 Å². The van der Waals surface area contributed by atoms with E-state index in [9.17, 15) is 9.90 Å². The van der Waals surface area contributed by atoms with E-state index in [4.69, 9.17) is 4.74 Å². The number of carboxylic acids is 1. The second-order valence-electron chi connectivity index (χ2n) is 7.05. The second kappa shape index (κ2) is 4.76. The summed E-state index contributed by atoms with van der Waals surface area (Å²) in [6.07, 6.45) is 9.52. The molecule has 1 aliphatic heterocycles. The third-order valence-corrected chi connectivity index (χ3v) is 6.19. The van der Waals surface area contributed by atoms with E-state index in [2.05, 4.69) is 6.92 Å². The maximum Gasteiger partial charge on any atom is 0.309 e. The molecule has 0 aromatic carbocycles. The van der Waals surface area contributed by atoms with E-state index in [-0.39, 0.29) is 5.60 Å². The highest BCUT2D eigenvalue weighted by molar-refractivity contribution is 5.75. The van der Waals surface area contributed by atoms with E-state index >= 15 is 0 Å². The minimum absolute atomic E-state index is 0.0651. The van der Waals surface area contributed by atoms with Crippen molar-refractivity contribution >= 4 is 5.97 Å². The molecular formula is C16H26O3. The lowest BCUT2D eigenvalue weighted by Crippen LogP contribution is -2.50. The first-order chi connectivity index (χ1) is 9.10. The zero-order valence-electron chi connectivity index (χ0n) is 12.0. The number of hydrogen-bond acceptors (Lipinski definition) is 2. The predicted octanol–water partition coefficient (Wildman–Crippen LogP) is 3.62. The zero-order chi connectivity index (χ0) is 13.5. The molecule has 1 heterocycles. The van der Waals surface area contributed by atoms with E-state index in [1.54, 1.807) is 0 Å². The van der Waals surface area contributed by atoms with E-state index in [0.29, 0.717) is 11.8 Å². The molecule has 0 bridgehead atoms. The number of aliphatic carboxylic acids is 1. The summed E-state index contributed by atoms with van der Waals surface area (Å²) in [6.45, 7) is 2.97. The van der Waals surface area contributed by atoms with Crippen LogP contribution in [0.4, 0.5) is 0 Å². The Morgan fingerprint density at radius 3 is 2.58 bits per heavy atom. The molecule has 1 saturated heterocycles. The van der Waals surface area contributed by atoms with Crippen molar-refractivity contribution in [2.45, 2.75) is 70.3 Å². The van der Waals surface area contributed by atoms with Crippen molar-refractivity contribution in [2.75, 3.05) is 6.61 Å². The molecule has 3 nitrogen and oxygen atoms in total. The van der Waals surface area contributed by atoms with Gasteiger partial charge in [-0.15, -0.1) is 0 Å². The van der Waals surface area contributed by atoms with Crippen molar-refractivity contribution < 1.29 is 14.6 Å². The van der Waals surface area contributed by atoms with Gasteiger partial charge in [0.1, 0.15) is 0 Å². The number of carbonyl (C=O) groups is 1. The quantitative estimate of drug-likeness (QED) is 0.848. The summed E-state index contributed by atoms with van der Waals surface area (Å²) in [5.74, 6) is 0.428. The van der Waals surface area contributed by atoms with Crippen molar-refractivity contribution in [2.24, 2.45) is 17.3 Å². The molecule has 3 atom stereocenters. The van der Waals surface area contributed by atoms with Crippen LogP contribution < -0.4 is 0 Å². The fourth-order valence-corrected chi connectivity index (χ4v) is 4.69. The molecule has 0 aromatic heterocycles. The largest absolute Gasteiger partial charge is 0.481 e. The molecule has 19 heavy (non-hydrogen) atoms. The topological polar surface area (TPSA) is 46.5 Å². The van der Waals surface area contributed by atoms with Crippen LogP contribution in [0, 0.1) is 17.3 Å². The minimum atomic E-state index is -0.537. The monoisotopic (exact) mass is 266 g/mol. The Labute approximate surface area is 115 Å². The molecule has 0 aromatic rings. The SMILES string of the molecule is CCC1CCC(C(=O)O)(C2CCOC3(CCC3)C2)C1. The molecule has 3 rings (SSSR count). The molecule has 3 aliphatic rings. The van der Waals surface area contributed by atoms with Crippen molar-refractivity contribution in [3.05, 3.63) is 0 Å². The Hall–Kier alpha value is -0.570. The van der Waals surface area contributed by atoms with Gasteiger partial charge in [0.25, 0.3) is 0 Å². The third kappa shape index (κ3) is 2.10. The van der Waals surface area contributed by atoms with Gasteiger partial charge in [-0.1, -0.05) is 13.3 Å². The Morgan fingerprint density at radius 1 is 1.26 bits per heavy atom. The van der Waals surface area contributed by atoms with Crippen LogP contribution >= 0.6 is 0 Å². The highest BCUT2D eigenvalue weighted by Gasteiger charge is 2.55. The van der Waals surface area contributed by atoms with Gasteiger partial charge in [-0.25, -0.2) is 0 Å². The summed E-state index contributed by atoms with van der Waals surface area (Å²) < 4.78 is 5.98. The number of hydrogen-bond donors (Lipinski definition) is 1. The van der Waals surface area contributed by atoms with E-state index in [1.165, 1.54) is 6.42 Å². The van der Waals surface area contributed by atoms with Gasteiger partial charge < -0.3 is 9.84 Å². The molecule has 2 saturated carbocycles. The summed E-state index contributed by atoms with van der Waals surface area (Å²) >= 11 is 0. The molecular weight excluding hydrogens is 240 g/mol. The molecule has 108 valence electrons. The molecule has 3 unspecified atom stereocenters. The fraction of sp³-hybridized carbons (Fsp3) is 0.938. The van der Waals surface area contributed by atoms with Gasteiger partial charge in [-0.3, -0.25) is 4.79 Å². The van der Waals surface area contributed by atoms with Gasteiger partial charge in [-0.2, -0.15) is 0 Å². The van der Waals surface area contributed by atoms with Gasteiger partial charge in [0, 0.05) is 6.61 Å². The average Bonchev–Trinajstić information content (AvgIpc) is 2.83. The van der Waals surface area contributed by atoms with Crippen molar-refractivity contribution in [1.29, 1.82) is 0 Å². The van der Waals surface area contributed by atoms with E-state index < -0.39 is 11.4 Å². The van der Waals surface area contributed by atoms with Crippen LogP contribution in [0.1, 0.15) is 64.7 Å². The highest BCUT2D eigenvalue weighted by atomic mass is 16.5. The van der Waals surface area contributed by atoms with Crippen LogP contribution in [0.2, 0.25) is 0 Å². The molecule has 0 amide bonds. The van der Waals surface area contributed by atoms with Crippen LogP contribution in [0.25, 0.3) is 0 Å². The summed E-state index contributed by atoms with van der Waals surface area (Å²) in [5, 5.41) is 9.85. The minimum Gasteiger partial charge on any atom is -0.481 e. The maximum atomic E-state index is 12.0. The number of rotatable bonds is 3. The fourth-order valence-electron chi connectivity index (χ4n) is 4.69. The summed E-state index contributed by atoms with van der Waals surface area (Å²) in [7, 11) is 0. The van der Waals surface area contributed by atoms with Gasteiger partial charge in [0.05, 0.1) is 11.0 Å². The summed E-state index contributed by atoms with van der Waals surface area (Å²) in [5.41, 5.74) is -0.372. The first-order valence-electron chi connectivity index (χ1n) is 7.98. The van der Waals surface area contributed by atoms with Crippen molar-refractivity contribution in [3.8, 4) is 0 Å². The van der Waals surface area contributed by atoms with Gasteiger partial charge in [0.2, 0.25) is 0 Å². The van der Waals surface area contributed by atoms with Crippen LogP contribution in [-0.2, 0) is 9.53 Å². The van der Waals surface area contributed by atoms with E-state index in [0.717, 1.165) is 58.0 Å². The maximum absolute atomic E-state index is 12.0. The highest BCUT2D eigenvalue weighted by Crippen LogP contribution is 2.56. The number of carboxylic acid groups (broad SMARTS) is 1. The Morgan fingerprint density at radius 2 is 2.05 bits per heavy atom. The smallest absolute Gasteiger partial charge is 0.309 e. The number of ether oxygens (including phenoxy) is 1. The Kier molecular flexibility index (Phi) is 3.36. The van der Waals surface area contributed by atoms with Crippen LogP contribution in [0.3, 0.4) is 0 Å². The summed E-state index contributed by atoms with van der Waals surface area (Å²) in [4.78, 5) is 12.0. The Bertz CT molecular complexity index is 361. The predicted molar refractivity (Wildman–Crippen MR) is 73.0 cm³/mol. The average molecular weight is 266 g/mol. The van der Waals surface area contributed by atoms with Crippen molar-refractivity contribution in [3.63, 3.8) is 0 Å². The lowest BCUT2D eigenvalue weighted by molar-refractivity contribution is -0.176. The van der Waals surface area contributed by atoms with E-state index in [1.807, 2.05) is 0 Å². The van der Waals surface area contributed by atoms with Crippen molar-refractivity contribution in [1.82, 2.24) is 0 Å². The van der Waals surface area contributed by atoms with Crippen LogP contribution in [0.15, 0.2) is 0 Å². The zero-order valence-corrected chi connectivity index (χ0v) is 12.0. The third-order valence-electron chi connectivity index (χ3n) is 6.19.